The Hall–Kier alpha value is -1.32. The molecule has 0 amide bonds. The SMILES string of the molecule is C=C1CC[C@@H]2[C@](C)(CCC[C@@]2(C)C(=O)OC)[C@H]1CC[C@H](C)CC(=O)O. The minimum absolute atomic E-state index is 0.0550. The van der Waals surface area contributed by atoms with Crippen molar-refractivity contribution in [3.05, 3.63) is 12.2 Å². The van der Waals surface area contributed by atoms with Crippen LogP contribution < -0.4 is 0 Å². The molecule has 0 radical (unpaired) electrons. The van der Waals surface area contributed by atoms with E-state index in [0.29, 0.717) is 11.8 Å². The Morgan fingerprint density at radius 3 is 2.64 bits per heavy atom. The molecular weight excluding hydrogens is 316 g/mol. The maximum atomic E-state index is 12.6. The van der Waals surface area contributed by atoms with Gasteiger partial charge in [-0.05, 0) is 68.6 Å². The van der Waals surface area contributed by atoms with E-state index in [1.54, 1.807) is 0 Å². The van der Waals surface area contributed by atoms with E-state index in [1.165, 1.54) is 12.7 Å². The summed E-state index contributed by atoms with van der Waals surface area (Å²) in [7, 11) is 1.49. The highest BCUT2D eigenvalue weighted by molar-refractivity contribution is 5.77. The normalized spacial score (nSPS) is 36.4. The zero-order valence-electron chi connectivity index (χ0n) is 16.3. The summed E-state index contributed by atoms with van der Waals surface area (Å²) < 4.78 is 5.16. The standard InChI is InChI=1S/C21H34O4/c1-14(13-18(22)23)7-9-16-15(2)8-10-17-20(16,3)11-6-12-21(17,4)19(24)25-5/h14,16-17H,2,6-13H2,1,3-5H3,(H,22,23)/t14-,16-,17+,20+,21+/m0/s1. The van der Waals surface area contributed by atoms with Crippen molar-refractivity contribution in [2.45, 2.75) is 72.1 Å². The van der Waals surface area contributed by atoms with Gasteiger partial charge in [0.2, 0.25) is 0 Å². The number of hydrogen-bond acceptors (Lipinski definition) is 3. The van der Waals surface area contributed by atoms with E-state index in [9.17, 15) is 9.59 Å². The number of carboxylic acid groups (broad SMARTS) is 1. The van der Waals surface area contributed by atoms with E-state index in [2.05, 4.69) is 20.4 Å². The van der Waals surface area contributed by atoms with Crippen molar-refractivity contribution in [3.8, 4) is 0 Å². The number of allylic oxidation sites excluding steroid dienone is 1. The van der Waals surface area contributed by atoms with Gasteiger partial charge in [-0.2, -0.15) is 0 Å². The molecule has 0 heterocycles. The molecule has 2 aliphatic rings. The van der Waals surface area contributed by atoms with Crippen molar-refractivity contribution >= 4 is 11.9 Å². The minimum Gasteiger partial charge on any atom is -0.481 e. The molecule has 0 spiro atoms. The Balaban J connectivity index is 2.21. The molecule has 142 valence electrons. The Bertz CT molecular complexity index is 540. The van der Waals surface area contributed by atoms with Crippen molar-refractivity contribution in [1.29, 1.82) is 0 Å². The van der Waals surface area contributed by atoms with E-state index in [4.69, 9.17) is 9.84 Å². The van der Waals surface area contributed by atoms with Crippen LogP contribution in [0.1, 0.15) is 72.1 Å². The van der Waals surface area contributed by atoms with Crippen molar-refractivity contribution < 1.29 is 19.4 Å². The number of ether oxygens (including phenoxy) is 1. The molecule has 4 nitrogen and oxygen atoms in total. The molecule has 0 aromatic heterocycles. The van der Waals surface area contributed by atoms with Gasteiger partial charge in [-0.1, -0.05) is 32.4 Å². The smallest absolute Gasteiger partial charge is 0.311 e. The third kappa shape index (κ3) is 3.78. The molecule has 4 heteroatoms. The van der Waals surface area contributed by atoms with Gasteiger partial charge in [-0.3, -0.25) is 9.59 Å². The first-order valence-electron chi connectivity index (χ1n) is 9.63. The molecule has 25 heavy (non-hydrogen) atoms. The van der Waals surface area contributed by atoms with Gasteiger partial charge < -0.3 is 9.84 Å². The average molecular weight is 350 g/mol. The molecular formula is C21H34O4. The topological polar surface area (TPSA) is 63.6 Å². The third-order valence-electron chi connectivity index (χ3n) is 7.14. The maximum absolute atomic E-state index is 12.6. The van der Waals surface area contributed by atoms with Crippen LogP contribution in [0.4, 0.5) is 0 Å². The highest BCUT2D eigenvalue weighted by atomic mass is 16.5. The van der Waals surface area contributed by atoms with Gasteiger partial charge in [0, 0.05) is 6.42 Å². The van der Waals surface area contributed by atoms with E-state index in [1.807, 2.05) is 6.92 Å². The van der Waals surface area contributed by atoms with Gasteiger partial charge in [0.05, 0.1) is 12.5 Å². The van der Waals surface area contributed by atoms with Crippen LogP contribution in [0, 0.1) is 28.6 Å². The van der Waals surface area contributed by atoms with Gasteiger partial charge in [0.15, 0.2) is 0 Å². The zero-order valence-corrected chi connectivity index (χ0v) is 16.3. The van der Waals surface area contributed by atoms with E-state index in [-0.39, 0.29) is 23.7 Å². The van der Waals surface area contributed by atoms with Crippen LogP contribution in [-0.4, -0.2) is 24.2 Å². The lowest BCUT2D eigenvalue weighted by Gasteiger charge is -2.57. The second-order valence-corrected chi connectivity index (χ2v) is 8.85. The van der Waals surface area contributed by atoms with Crippen molar-refractivity contribution in [3.63, 3.8) is 0 Å². The molecule has 2 rings (SSSR count). The number of rotatable bonds is 6. The van der Waals surface area contributed by atoms with Crippen LogP contribution in [-0.2, 0) is 14.3 Å². The highest BCUT2D eigenvalue weighted by Gasteiger charge is 2.57. The molecule has 2 aliphatic carbocycles. The fourth-order valence-corrected chi connectivity index (χ4v) is 5.81. The van der Waals surface area contributed by atoms with Crippen molar-refractivity contribution in [1.82, 2.24) is 0 Å². The summed E-state index contributed by atoms with van der Waals surface area (Å²) in [5.74, 6) is 0.0482. The lowest BCUT2D eigenvalue weighted by molar-refractivity contribution is -0.168. The highest BCUT2D eigenvalue weighted by Crippen LogP contribution is 2.62. The van der Waals surface area contributed by atoms with E-state index >= 15 is 0 Å². The molecule has 0 aliphatic heterocycles. The molecule has 0 aromatic carbocycles. The summed E-state index contributed by atoms with van der Waals surface area (Å²) in [6.07, 6.45) is 7.10. The fourth-order valence-electron chi connectivity index (χ4n) is 5.81. The second-order valence-electron chi connectivity index (χ2n) is 8.85. The second kappa shape index (κ2) is 7.51. The lowest BCUT2D eigenvalue weighted by Crippen LogP contribution is -2.53. The monoisotopic (exact) mass is 350 g/mol. The number of fused-ring (bicyclic) bond motifs is 1. The molecule has 2 saturated carbocycles. The Morgan fingerprint density at radius 1 is 1.36 bits per heavy atom. The number of hydrogen-bond donors (Lipinski definition) is 1. The predicted octanol–water partition coefficient (Wildman–Crippen LogP) is 4.83. The van der Waals surface area contributed by atoms with Crippen molar-refractivity contribution in [2.24, 2.45) is 28.6 Å². The number of esters is 1. The third-order valence-corrected chi connectivity index (χ3v) is 7.14. The van der Waals surface area contributed by atoms with E-state index < -0.39 is 11.4 Å². The number of methoxy groups -OCH3 is 1. The summed E-state index contributed by atoms with van der Waals surface area (Å²) in [5.41, 5.74) is 0.933. The largest absolute Gasteiger partial charge is 0.481 e. The number of carboxylic acids is 1. The van der Waals surface area contributed by atoms with Gasteiger partial charge in [-0.15, -0.1) is 0 Å². The number of aliphatic carboxylic acids is 1. The molecule has 0 unspecified atom stereocenters. The predicted molar refractivity (Wildman–Crippen MR) is 98.1 cm³/mol. The van der Waals surface area contributed by atoms with Crippen LogP contribution in [0.25, 0.3) is 0 Å². The van der Waals surface area contributed by atoms with Crippen LogP contribution in [0.15, 0.2) is 12.2 Å². The fraction of sp³-hybridized carbons (Fsp3) is 0.810. The summed E-state index contributed by atoms with van der Waals surface area (Å²) in [5, 5.41) is 9.00. The zero-order chi connectivity index (χ0) is 18.8. The van der Waals surface area contributed by atoms with Crippen LogP contribution in [0.5, 0.6) is 0 Å². The van der Waals surface area contributed by atoms with Crippen LogP contribution in [0.3, 0.4) is 0 Å². The van der Waals surface area contributed by atoms with Crippen molar-refractivity contribution in [2.75, 3.05) is 7.11 Å². The molecule has 1 N–H and O–H groups in total. The first kappa shape index (κ1) is 20.0. The quantitative estimate of drug-likeness (QED) is 0.550. The van der Waals surface area contributed by atoms with Gasteiger partial charge in [0.25, 0.3) is 0 Å². The average Bonchev–Trinajstić information content (AvgIpc) is 2.52. The Labute approximate surface area is 152 Å². The molecule has 0 saturated heterocycles. The van der Waals surface area contributed by atoms with Gasteiger partial charge in [-0.25, -0.2) is 0 Å². The number of carbonyl (C=O) groups excluding carboxylic acids is 1. The first-order valence-corrected chi connectivity index (χ1v) is 9.63. The summed E-state index contributed by atoms with van der Waals surface area (Å²) in [6.45, 7) is 10.8. The van der Waals surface area contributed by atoms with E-state index in [0.717, 1.165) is 44.9 Å². The van der Waals surface area contributed by atoms with Gasteiger partial charge >= 0.3 is 11.9 Å². The minimum atomic E-state index is -0.727. The van der Waals surface area contributed by atoms with Crippen LogP contribution in [0.2, 0.25) is 0 Å². The summed E-state index contributed by atoms with van der Waals surface area (Å²) in [6, 6.07) is 0. The van der Waals surface area contributed by atoms with Crippen LogP contribution >= 0.6 is 0 Å². The van der Waals surface area contributed by atoms with Gasteiger partial charge in [0.1, 0.15) is 0 Å². The Morgan fingerprint density at radius 2 is 2.04 bits per heavy atom. The number of carbonyl (C=O) groups is 2. The molecule has 0 aromatic rings. The maximum Gasteiger partial charge on any atom is 0.311 e. The molecule has 2 fully saturated rings. The Kier molecular flexibility index (Phi) is 6.01. The molecule has 5 atom stereocenters. The summed E-state index contributed by atoms with van der Waals surface area (Å²) in [4.78, 5) is 23.5. The molecule has 0 bridgehead atoms. The lowest BCUT2D eigenvalue weighted by atomic mass is 9.46. The first-order chi connectivity index (χ1) is 11.6. The summed E-state index contributed by atoms with van der Waals surface area (Å²) >= 11 is 0.